The Hall–Kier alpha value is -2.83. The van der Waals surface area contributed by atoms with Gasteiger partial charge in [0.15, 0.2) is 0 Å². The number of aromatic amines is 1. The summed E-state index contributed by atoms with van der Waals surface area (Å²) in [7, 11) is 0. The topological polar surface area (TPSA) is 98.3 Å². The van der Waals surface area contributed by atoms with Gasteiger partial charge in [0, 0.05) is 12.5 Å². The lowest BCUT2D eigenvalue weighted by Gasteiger charge is -2.12. The van der Waals surface area contributed by atoms with Crippen LogP contribution in [0.4, 0.5) is 5.82 Å². The summed E-state index contributed by atoms with van der Waals surface area (Å²) in [5.74, 6) is -0.0923. The number of nitrogens with zero attached hydrogens (tertiary/aromatic N) is 2. The molecule has 0 fully saturated rings. The van der Waals surface area contributed by atoms with Gasteiger partial charge in [-0.3, -0.25) is 14.7 Å². The minimum atomic E-state index is -0.430. The van der Waals surface area contributed by atoms with Crippen molar-refractivity contribution in [2.45, 2.75) is 20.0 Å². The molecule has 2 aromatic rings. The van der Waals surface area contributed by atoms with Crippen molar-refractivity contribution in [3.05, 3.63) is 41.1 Å². The van der Waals surface area contributed by atoms with E-state index in [1.165, 1.54) is 19.1 Å². The third-order valence-corrected chi connectivity index (χ3v) is 3.47. The van der Waals surface area contributed by atoms with Crippen molar-refractivity contribution in [1.82, 2.24) is 15.1 Å². The summed E-state index contributed by atoms with van der Waals surface area (Å²) >= 11 is 0. The molecule has 0 radical (unpaired) electrons. The normalized spacial score (nSPS) is 13.1. The molecule has 7 heteroatoms. The number of amides is 2. The van der Waals surface area contributed by atoms with Gasteiger partial charge in [-0.2, -0.15) is 5.10 Å². The minimum Gasteiger partial charge on any atom is -0.507 e. The van der Waals surface area contributed by atoms with E-state index < -0.39 is 5.91 Å². The molecule has 0 aliphatic carbocycles. The van der Waals surface area contributed by atoms with E-state index in [4.69, 9.17) is 0 Å². The summed E-state index contributed by atoms with van der Waals surface area (Å²) in [4.78, 5) is 25.2. The molecule has 1 aromatic heterocycles. The number of rotatable bonds is 2. The lowest BCUT2D eigenvalue weighted by Crippen LogP contribution is -2.23. The van der Waals surface area contributed by atoms with Crippen molar-refractivity contribution in [1.29, 1.82) is 0 Å². The fourth-order valence-electron chi connectivity index (χ4n) is 2.30. The number of phenolic OH excluding ortho intramolecular Hbond substituents is 1. The van der Waals surface area contributed by atoms with Gasteiger partial charge in [0.1, 0.15) is 11.6 Å². The number of fused-ring (bicyclic) bond motifs is 1. The molecule has 2 amide bonds. The molecule has 108 valence electrons. The Bertz CT molecular complexity index is 723. The minimum absolute atomic E-state index is 0.0361. The first-order valence-electron chi connectivity index (χ1n) is 6.47. The largest absolute Gasteiger partial charge is 0.507 e. The molecule has 0 spiro atoms. The number of hydrogen-bond donors (Lipinski definition) is 3. The first kappa shape index (κ1) is 13.2. The van der Waals surface area contributed by atoms with E-state index in [0.29, 0.717) is 18.9 Å². The van der Waals surface area contributed by atoms with Crippen molar-refractivity contribution >= 4 is 17.6 Å². The van der Waals surface area contributed by atoms with Crippen LogP contribution in [-0.2, 0) is 17.9 Å². The van der Waals surface area contributed by atoms with Crippen molar-refractivity contribution in [2.24, 2.45) is 0 Å². The predicted octanol–water partition coefficient (Wildman–Crippen LogP) is 1.23. The van der Waals surface area contributed by atoms with Crippen LogP contribution in [0, 0.1) is 0 Å². The molecule has 2 heterocycles. The van der Waals surface area contributed by atoms with Gasteiger partial charge in [0.25, 0.3) is 5.91 Å². The zero-order valence-corrected chi connectivity index (χ0v) is 11.4. The third kappa shape index (κ3) is 2.33. The number of para-hydroxylation sites is 1. The van der Waals surface area contributed by atoms with Gasteiger partial charge < -0.3 is 15.3 Å². The molecule has 3 rings (SSSR count). The van der Waals surface area contributed by atoms with Crippen LogP contribution < -0.4 is 5.32 Å². The molecule has 1 aliphatic heterocycles. The van der Waals surface area contributed by atoms with Crippen LogP contribution in [0.1, 0.15) is 28.5 Å². The van der Waals surface area contributed by atoms with Gasteiger partial charge in [-0.1, -0.05) is 12.1 Å². The number of carbonyl (C=O) groups is 2. The van der Waals surface area contributed by atoms with Crippen molar-refractivity contribution in [2.75, 3.05) is 5.32 Å². The standard InChI is InChI=1S/C14H14N4O3/c1-8(19)18-6-10-11(7-18)16-17-13(10)15-14(21)9-4-2-3-5-12(9)20/h2-5,20H,6-7H2,1H3,(H2,15,16,17,21). The Balaban J connectivity index is 1.81. The maximum atomic E-state index is 12.1. The number of benzene rings is 1. The highest BCUT2D eigenvalue weighted by atomic mass is 16.3. The zero-order chi connectivity index (χ0) is 15.0. The van der Waals surface area contributed by atoms with Gasteiger partial charge in [0.2, 0.25) is 5.91 Å². The van der Waals surface area contributed by atoms with E-state index in [1.807, 2.05) is 0 Å². The molecule has 3 N–H and O–H groups in total. The smallest absolute Gasteiger partial charge is 0.260 e. The van der Waals surface area contributed by atoms with Crippen LogP contribution in [0.15, 0.2) is 24.3 Å². The lowest BCUT2D eigenvalue weighted by atomic mass is 10.2. The van der Waals surface area contributed by atoms with Crippen LogP contribution in [0.25, 0.3) is 0 Å². The van der Waals surface area contributed by atoms with Crippen molar-refractivity contribution < 1.29 is 14.7 Å². The fourth-order valence-corrected chi connectivity index (χ4v) is 2.30. The van der Waals surface area contributed by atoms with E-state index >= 15 is 0 Å². The number of carbonyl (C=O) groups excluding carboxylic acids is 2. The highest BCUT2D eigenvalue weighted by molar-refractivity contribution is 6.06. The molecule has 0 saturated heterocycles. The lowest BCUT2D eigenvalue weighted by molar-refractivity contribution is -0.129. The fraction of sp³-hybridized carbons (Fsp3) is 0.214. The zero-order valence-electron chi connectivity index (χ0n) is 11.4. The van der Waals surface area contributed by atoms with Crippen molar-refractivity contribution in [3.63, 3.8) is 0 Å². The van der Waals surface area contributed by atoms with Crippen LogP contribution in [0.5, 0.6) is 5.75 Å². The van der Waals surface area contributed by atoms with E-state index in [1.54, 1.807) is 17.0 Å². The number of hydrogen-bond acceptors (Lipinski definition) is 4. The Morgan fingerprint density at radius 2 is 2.10 bits per heavy atom. The van der Waals surface area contributed by atoms with Crippen LogP contribution in [-0.4, -0.2) is 32.0 Å². The van der Waals surface area contributed by atoms with Crippen LogP contribution in [0.2, 0.25) is 0 Å². The molecular formula is C14H14N4O3. The third-order valence-electron chi connectivity index (χ3n) is 3.47. The number of aromatic nitrogens is 2. The van der Waals surface area contributed by atoms with Crippen molar-refractivity contribution in [3.8, 4) is 5.75 Å². The Kier molecular flexibility index (Phi) is 3.09. The molecule has 0 saturated carbocycles. The van der Waals surface area contributed by atoms with E-state index in [0.717, 1.165) is 11.3 Å². The average Bonchev–Trinajstić information content (AvgIpc) is 3.01. The number of phenols is 1. The summed E-state index contributed by atoms with van der Waals surface area (Å²) in [5.41, 5.74) is 1.73. The summed E-state index contributed by atoms with van der Waals surface area (Å²) in [6.45, 7) is 2.35. The molecule has 7 nitrogen and oxygen atoms in total. The van der Waals surface area contributed by atoms with Gasteiger partial charge in [0.05, 0.1) is 24.3 Å². The molecule has 21 heavy (non-hydrogen) atoms. The van der Waals surface area contributed by atoms with E-state index in [2.05, 4.69) is 15.5 Å². The highest BCUT2D eigenvalue weighted by Crippen LogP contribution is 2.27. The number of nitrogens with one attached hydrogen (secondary N) is 2. The number of aromatic hydroxyl groups is 1. The Labute approximate surface area is 120 Å². The quantitative estimate of drug-likeness (QED) is 0.773. The summed E-state index contributed by atoms with van der Waals surface area (Å²) in [6, 6.07) is 6.29. The summed E-state index contributed by atoms with van der Waals surface area (Å²) < 4.78 is 0. The SMILES string of the molecule is CC(=O)N1Cc2n[nH]c(NC(=O)c3ccccc3O)c2C1. The van der Waals surface area contributed by atoms with E-state index in [9.17, 15) is 14.7 Å². The highest BCUT2D eigenvalue weighted by Gasteiger charge is 2.27. The Morgan fingerprint density at radius 1 is 1.33 bits per heavy atom. The molecule has 0 bridgehead atoms. The monoisotopic (exact) mass is 286 g/mol. The van der Waals surface area contributed by atoms with Crippen LogP contribution in [0.3, 0.4) is 0 Å². The van der Waals surface area contributed by atoms with Gasteiger partial charge in [-0.05, 0) is 12.1 Å². The first-order valence-corrected chi connectivity index (χ1v) is 6.47. The van der Waals surface area contributed by atoms with Gasteiger partial charge in [-0.25, -0.2) is 0 Å². The average molecular weight is 286 g/mol. The van der Waals surface area contributed by atoms with Crippen LogP contribution >= 0.6 is 0 Å². The first-order chi connectivity index (χ1) is 10.1. The second-order valence-corrected chi connectivity index (χ2v) is 4.87. The Morgan fingerprint density at radius 3 is 2.81 bits per heavy atom. The van der Waals surface area contributed by atoms with E-state index in [-0.39, 0.29) is 17.2 Å². The van der Waals surface area contributed by atoms with Gasteiger partial charge >= 0.3 is 0 Å². The molecule has 0 atom stereocenters. The molecule has 1 aromatic carbocycles. The number of anilines is 1. The molecule has 1 aliphatic rings. The van der Waals surface area contributed by atoms with Gasteiger partial charge in [-0.15, -0.1) is 0 Å². The maximum absolute atomic E-state index is 12.1. The maximum Gasteiger partial charge on any atom is 0.260 e. The summed E-state index contributed by atoms with van der Waals surface area (Å²) in [6.07, 6.45) is 0. The molecule has 0 unspecified atom stereocenters. The summed E-state index contributed by atoms with van der Waals surface area (Å²) in [5, 5.41) is 19.2. The second kappa shape index (κ2) is 4.93. The predicted molar refractivity (Wildman–Crippen MR) is 74.6 cm³/mol. The molecular weight excluding hydrogens is 272 g/mol. The number of H-pyrrole nitrogens is 1. The second-order valence-electron chi connectivity index (χ2n) is 4.87.